The Morgan fingerprint density at radius 1 is 1.08 bits per heavy atom. The summed E-state index contributed by atoms with van der Waals surface area (Å²) in [6.07, 6.45) is 5.49. The van der Waals surface area contributed by atoms with Crippen LogP contribution in [0.15, 0.2) is 54.1 Å². The first-order valence-electron chi connectivity index (χ1n) is 7.53. The number of benzene rings is 2. The number of carbonyl (C=O) groups excluding carboxylic acids is 1. The molecule has 2 rings (SSSR count). The number of aromatic hydroxyl groups is 2. The Balaban J connectivity index is 2.26. The summed E-state index contributed by atoms with van der Waals surface area (Å²) < 4.78 is 0. The molecule has 0 amide bonds. The van der Waals surface area contributed by atoms with Gasteiger partial charge in [0.15, 0.2) is 5.78 Å². The number of halogens is 1. The second kappa shape index (κ2) is 7.84. The fourth-order valence-electron chi connectivity index (χ4n) is 2.13. The van der Waals surface area contributed by atoms with Crippen LogP contribution in [-0.2, 0) is 6.42 Å². The van der Waals surface area contributed by atoms with Gasteiger partial charge in [0.1, 0.15) is 11.5 Å². The van der Waals surface area contributed by atoms with Crippen LogP contribution < -0.4 is 0 Å². The Morgan fingerprint density at radius 2 is 1.75 bits per heavy atom. The van der Waals surface area contributed by atoms with Gasteiger partial charge in [0, 0.05) is 11.1 Å². The number of phenolic OH excluding ortho intramolecular Hbond substituents is 2. The van der Waals surface area contributed by atoms with E-state index < -0.39 is 0 Å². The van der Waals surface area contributed by atoms with Gasteiger partial charge in [-0.2, -0.15) is 0 Å². The van der Waals surface area contributed by atoms with Gasteiger partial charge in [0.2, 0.25) is 0 Å². The fourth-order valence-corrected chi connectivity index (χ4v) is 2.26. The van der Waals surface area contributed by atoms with E-state index in [0.717, 1.165) is 11.1 Å². The monoisotopic (exact) mass is 342 g/mol. The van der Waals surface area contributed by atoms with Gasteiger partial charge in [-0.3, -0.25) is 4.79 Å². The van der Waals surface area contributed by atoms with Crippen LogP contribution in [0.4, 0.5) is 0 Å². The highest BCUT2D eigenvalue weighted by molar-refractivity contribution is 6.30. The predicted octanol–water partition coefficient (Wildman–Crippen LogP) is 5.16. The lowest BCUT2D eigenvalue weighted by Crippen LogP contribution is -1.97. The molecule has 0 aliphatic carbocycles. The average Bonchev–Trinajstić information content (AvgIpc) is 2.53. The number of rotatable bonds is 5. The Labute approximate surface area is 146 Å². The topological polar surface area (TPSA) is 57.5 Å². The number of phenols is 2. The van der Waals surface area contributed by atoms with Crippen molar-refractivity contribution in [2.45, 2.75) is 20.3 Å². The van der Waals surface area contributed by atoms with Crippen LogP contribution in [0.2, 0.25) is 5.02 Å². The Hall–Kier alpha value is -2.52. The van der Waals surface area contributed by atoms with Crippen LogP contribution in [0.1, 0.15) is 35.3 Å². The van der Waals surface area contributed by atoms with E-state index in [4.69, 9.17) is 11.6 Å². The zero-order chi connectivity index (χ0) is 17.7. The van der Waals surface area contributed by atoms with Gasteiger partial charge in [0.05, 0.1) is 5.56 Å². The van der Waals surface area contributed by atoms with Crippen LogP contribution in [0.3, 0.4) is 0 Å². The molecule has 0 aliphatic heterocycles. The van der Waals surface area contributed by atoms with Crippen molar-refractivity contribution >= 4 is 23.5 Å². The summed E-state index contributed by atoms with van der Waals surface area (Å²) in [7, 11) is 0. The molecule has 0 fully saturated rings. The van der Waals surface area contributed by atoms with Crippen LogP contribution in [-0.4, -0.2) is 16.0 Å². The molecule has 0 aromatic heterocycles. The van der Waals surface area contributed by atoms with Crippen molar-refractivity contribution in [3.63, 3.8) is 0 Å². The molecule has 0 radical (unpaired) electrons. The minimum absolute atomic E-state index is 0.0248. The molecular formula is C20H19ClO3. The second-order valence-corrected chi connectivity index (χ2v) is 6.17. The van der Waals surface area contributed by atoms with Gasteiger partial charge in [-0.25, -0.2) is 0 Å². The van der Waals surface area contributed by atoms with Gasteiger partial charge in [-0.15, -0.1) is 0 Å². The van der Waals surface area contributed by atoms with Crippen LogP contribution in [0.5, 0.6) is 11.5 Å². The maximum atomic E-state index is 12.3. The summed E-state index contributed by atoms with van der Waals surface area (Å²) in [5.41, 5.74) is 2.70. The summed E-state index contributed by atoms with van der Waals surface area (Å²) in [6, 6.07) is 9.80. The Morgan fingerprint density at radius 3 is 2.38 bits per heavy atom. The summed E-state index contributed by atoms with van der Waals surface area (Å²) in [6.45, 7) is 3.91. The number of carbonyl (C=O) groups is 1. The molecule has 2 aromatic rings. The minimum atomic E-state index is -0.332. The van der Waals surface area contributed by atoms with Gasteiger partial charge in [-0.1, -0.05) is 41.5 Å². The van der Waals surface area contributed by atoms with Crippen molar-refractivity contribution in [2.75, 3.05) is 0 Å². The maximum absolute atomic E-state index is 12.3. The molecule has 2 aromatic carbocycles. The van der Waals surface area contributed by atoms with Crippen LogP contribution in [0, 0.1) is 0 Å². The first-order valence-corrected chi connectivity index (χ1v) is 7.91. The molecule has 0 saturated heterocycles. The van der Waals surface area contributed by atoms with E-state index in [1.165, 1.54) is 18.2 Å². The SMILES string of the molecule is CC(C)=CCc1cc(C(=O)/C=C/c2ccc(Cl)cc2)c(O)cc1O. The smallest absolute Gasteiger partial charge is 0.189 e. The predicted molar refractivity (Wildman–Crippen MR) is 97.7 cm³/mol. The first kappa shape index (κ1) is 17.8. The number of ketones is 1. The maximum Gasteiger partial charge on any atom is 0.189 e. The lowest BCUT2D eigenvalue weighted by molar-refractivity contribution is 0.104. The molecule has 4 heteroatoms. The lowest BCUT2D eigenvalue weighted by atomic mass is 10.0. The van der Waals surface area contributed by atoms with Crippen molar-refractivity contribution in [2.24, 2.45) is 0 Å². The molecule has 0 unspecified atom stereocenters. The highest BCUT2D eigenvalue weighted by Crippen LogP contribution is 2.29. The number of allylic oxidation sites excluding steroid dienone is 3. The zero-order valence-corrected chi connectivity index (χ0v) is 14.3. The van der Waals surface area contributed by atoms with E-state index in [9.17, 15) is 15.0 Å². The van der Waals surface area contributed by atoms with E-state index in [0.29, 0.717) is 17.0 Å². The highest BCUT2D eigenvalue weighted by Gasteiger charge is 2.13. The molecule has 0 spiro atoms. The van der Waals surface area contributed by atoms with E-state index in [2.05, 4.69) is 0 Å². The molecule has 3 nitrogen and oxygen atoms in total. The molecule has 0 bridgehead atoms. The van der Waals surface area contributed by atoms with E-state index in [1.807, 2.05) is 19.9 Å². The first-order chi connectivity index (χ1) is 11.4. The largest absolute Gasteiger partial charge is 0.508 e. The summed E-state index contributed by atoms with van der Waals surface area (Å²) in [5, 5.41) is 20.5. The third kappa shape index (κ3) is 4.74. The minimum Gasteiger partial charge on any atom is -0.508 e. The van der Waals surface area contributed by atoms with Crippen LogP contribution >= 0.6 is 11.6 Å². The lowest BCUT2D eigenvalue weighted by Gasteiger charge is -2.07. The molecular weight excluding hydrogens is 324 g/mol. The molecule has 0 saturated carbocycles. The second-order valence-electron chi connectivity index (χ2n) is 5.73. The normalized spacial score (nSPS) is 10.8. The third-order valence-electron chi connectivity index (χ3n) is 3.49. The standard InChI is InChI=1S/C20H19ClO3/c1-13(2)3-7-15-11-17(20(24)12-19(15)23)18(22)10-6-14-4-8-16(21)9-5-14/h3-6,8-12,23-24H,7H2,1-2H3/b10-6+. The number of hydrogen-bond acceptors (Lipinski definition) is 3. The fraction of sp³-hybridized carbons (Fsp3) is 0.150. The van der Waals surface area contributed by atoms with Crippen molar-refractivity contribution < 1.29 is 15.0 Å². The Kier molecular flexibility index (Phi) is 5.83. The van der Waals surface area contributed by atoms with Crippen molar-refractivity contribution in [1.82, 2.24) is 0 Å². The van der Waals surface area contributed by atoms with Crippen molar-refractivity contribution in [3.05, 3.63) is 75.8 Å². The van der Waals surface area contributed by atoms with Crippen molar-refractivity contribution in [1.29, 1.82) is 0 Å². The highest BCUT2D eigenvalue weighted by atomic mass is 35.5. The molecule has 0 aliphatic rings. The molecule has 24 heavy (non-hydrogen) atoms. The van der Waals surface area contributed by atoms with Crippen molar-refractivity contribution in [3.8, 4) is 11.5 Å². The molecule has 2 N–H and O–H groups in total. The van der Waals surface area contributed by atoms with Gasteiger partial charge < -0.3 is 10.2 Å². The third-order valence-corrected chi connectivity index (χ3v) is 3.74. The van der Waals surface area contributed by atoms with E-state index in [-0.39, 0.29) is 22.8 Å². The van der Waals surface area contributed by atoms with Crippen LogP contribution in [0.25, 0.3) is 6.08 Å². The zero-order valence-electron chi connectivity index (χ0n) is 13.6. The van der Waals surface area contributed by atoms with E-state index in [1.54, 1.807) is 30.3 Å². The molecule has 0 atom stereocenters. The average molecular weight is 343 g/mol. The number of hydrogen-bond donors (Lipinski definition) is 2. The summed E-state index contributed by atoms with van der Waals surface area (Å²) in [5.74, 6) is -0.594. The Bertz CT molecular complexity index is 798. The molecule has 124 valence electrons. The summed E-state index contributed by atoms with van der Waals surface area (Å²) >= 11 is 5.82. The molecule has 0 heterocycles. The quantitative estimate of drug-likeness (QED) is 0.448. The van der Waals surface area contributed by atoms with E-state index >= 15 is 0 Å². The van der Waals surface area contributed by atoms with Gasteiger partial charge >= 0.3 is 0 Å². The summed E-state index contributed by atoms with van der Waals surface area (Å²) in [4.78, 5) is 12.3. The van der Waals surface area contributed by atoms with Gasteiger partial charge in [0.25, 0.3) is 0 Å². The van der Waals surface area contributed by atoms with Gasteiger partial charge in [-0.05, 0) is 55.7 Å².